The molecule has 0 bridgehead atoms. The van der Waals surface area contributed by atoms with Gasteiger partial charge in [-0.2, -0.15) is 0 Å². The first kappa shape index (κ1) is 24.1. The van der Waals surface area contributed by atoms with Crippen LogP contribution in [0.2, 0.25) is 0 Å². The van der Waals surface area contributed by atoms with Gasteiger partial charge in [0, 0.05) is 29.9 Å². The number of hydrogen-bond donors (Lipinski definition) is 2. The number of likely N-dealkylation sites (N-methyl/N-ethyl adjacent to an activating group) is 1. The predicted molar refractivity (Wildman–Crippen MR) is 140 cm³/mol. The van der Waals surface area contributed by atoms with E-state index in [1.165, 1.54) is 0 Å². The monoisotopic (exact) mass is 470 g/mol. The number of aryl methyl sites for hydroxylation is 1. The molecule has 0 atom stereocenters. The fraction of sp³-hybridized carbons (Fsp3) is 0.259. The van der Waals surface area contributed by atoms with E-state index in [0.29, 0.717) is 23.7 Å². The van der Waals surface area contributed by atoms with E-state index in [4.69, 9.17) is 10.5 Å². The molecular formula is C27H30N6O2. The molecule has 0 saturated carbocycles. The SMILES string of the molecule is CCN(CC)CCOc1cccnc1NC(=O)c1ccc(C)c(-c2ccc3nc(N)ncc3c2)c1. The highest BCUT2D eigenvalue weighted by molar-refractivity contribution is 6.05. The quantitative estimate of drug-likeness (QED) is 0.369. The number of hydrogen-bond acceptors (Lipinski definition) is 7. The van der Waals surface area contributed by atoms with Crippen molar-refractivity contribution in [1.82, 2.24) is 19.9 Å². The van der Waals surface area contributed by atoms with Crippen molar-refractivity contribution in [3.05, 3.63) is 72.1 Å². The minimum Gasteiger partial charge on any atom is -0.488 e. The summed E-state index contributed by atoms with van der Waals surface area (Å²) in [6.07, 6.45) is 3.34. The second kappa shape index (κ2) is 10.9. The topological polar surface area (TPSA) is 106 Å². The highest BCUT2D eigenvalue weighted by Crippen LogP contribution is 2.28. The van der Waals surface area contributed by atoms with Crippen LogP contribution in [-0.4, -0.2) is 52.0 Å². The average Bonchev–Trinajstić information content (AvgIpc) is 2.87. The molecule has 0 saturated heterocycles. The van der Waals surface area contributed by atoms with Crippen molar-refractivity contribution in [2.24, 2.45) is 0 Å². The first-order chi connectivity index (χ1) is 17.0. The van der Waals surface area contributed by atoms with E-state index in [9.17, 15) is 4.79 Å². The molecular weight excluding hydrogens is 440 g/mol. The molecule has 0 aliphatic heterocycles. The maximum Gasteiger partial charge on any atom is 0.256 e. The predicted octanol–water partition coefficient (Wildman–Crippen LogP) is 4.56. The molecule has 8 heteroatoms. The van der Waals surface area contributed by atoms with Crippen molar-refractivity contribution in [1.29, 1.82) is 0 Å². The van der Waals surface area contributed by atoms with Crippen molar-refractivity contribution in [2.45, 2.75) is 20.8 Å². The third kappa shape index (κ3) is 5.73. The molecule has 8 nitrogen and oxygen atoms in total. The summed E-state index contributed by atoms with van der Waals surface area (Å²) in [6.45, 7) is 9.51. The van der Waals surface area contributed by atoms with Crippen LogP contribution in [0.15, 0.2) is 60.9 Å². The van der Waals surface area contributed by atoms with Crippen LogP contribution in [0.5, 0.6) is 5.75 Å². The molecule has 4 rings (SSSR count). The Balaban J connectivity index is 1.54. The summed E-state index contributed by atoms with van der Waals surface area (Å²) in [5.41, 5.74) is 9.97. The van der Waals surface area contributed by atoms with Crippen LogP contribution in [-0.2, 0) is 0 Å². The standard InChI is InChI=1S/C27H30N6O2/c1-4-33(5-2)13-14-35-24-7-6-12-29-25(24)32-26(34)20-9-8-18(3)22(16-20)19-10-11-23-21(15-19)17-30-27(28)31-23/h6-12,15-17H,4-5,13-14H2,1-3H3,(H2,28,30,31)(H,29,32,34). The number of nitrogens with two attached hydrogens (primary N) is 1. The Labute approximate surface area is 205 Å². The van der Waals surface area contributed by atoms with E-state index in [-0.39, 0.29) is 11.9 Å². The van der Waals surface area contributed by atoms with Gasteiger partial charge in [0.25, 0.3) is 5.91 Å². The number of rotatable bonds is 9. The van der Waals surface area contributed by atoms with E-state index >= 15 is 0 Å². The van der Waals surface area contributed by atoms with Gasteiger partial charge >= 0.3 is 0 Å². The van der Waals surface area contributed by atoms with Crippen LogP contribution in [0.4, 0.5) is 11.8 Å². The number of nitrogen functional groups attached to an aromatic ring is 1. The Kier molecular flexibility index (Phi) is 7.52. The van der Waals surface area contributed by atoms with E-state index in [0.717, 1.165) is 47.2 Å². The van der Waals surface area contributed by atoms with Crippen molar-refractivity contribution >= 4 is 28.6 Å². The van der Waals surface area contributed by atoms with Gasteiger partial charge in [0.1, 0.15) is 6.61 Å². The smallest absolute Gasteiger partial charge is 0.256 e. The maximum atomic E-state index is 13.1. The number of anilines is 2. The van der Waals surface area contributed by atoms with Crippen LogP contribution in [0.25, 0.3) is 22.0 Å². The van der Waals surface area contributed by atoms with E-state index in [2.05, 4.69) is 39.0 Å². The van der Waals surface area contributed by atoms with Gasteiger partial charge in [-0.3, -0.25) is 4.79 Å². The lowest BCUT2D eigenvalue weighted by Crippen LogP contribution is -2.28. The lowest BCUT2D eigenvalue weighted by molar-refractivity contribution is 0.102. The van der Waals surface area contributed by atoms with Crippen LogP contribution < -0.4 is 15.8 Å². The van der Waals surface area contributed by atoms with E-state index in [1.54, 1.807) is 18.5 Å². The number of fused-ring (bicyclic) bond motifs is 1. The van der Waals surface area contributed by atoms with Gasteiger partial charge in [-0.05, 0) is 73.1 Å². The van der Waals surface area contributed by atoms with Gasteiger partial charge in [-0.25, -0.2) is 15.0 Å². The van der Waals surface area contributed by atoms with Gasteiger partial charge in [0.15, 0.2) is 11.6 Å². The minimum absolute atomic E-state index is 0.242. The Morgan fingerprint density at radius 2 is 1.91 bits per heavy atom. The second-order valence-corrected chi connectivity index (χ2v) is 8.21. The molecule has 0 aliphatic rings. The summed E-state index contributed by atoms with van der Waals surface area (Å²) in [5, 5.41) is 3.78. The number of benzene rings is 2. The third-order valence-corrected chi connectivity index (χ3v) is 5.97. The molecule has 2 aromatic carbocycles. The maximum absolute atomic E-state index is 13.1. The van der Waals surface area contributed by atoms with Gasteiger partial charge in [0.05, 0.1) is 5.52 Å². The molecule has 0 unspecified atom stereocenters. The number of carbonyl (C=O) groups excluding carboxylic acids is 1. The van der Waals surface area contributed by atoms with Crippen LogP contribution in [0.1, 0.15) is 29.8 Å². The molecule has 4 aromatic rings. The molecule has 1 amide bonds. The molecule has 0 spiro atoms. The number of amides is 1. The fourth-order valence-corrected chi connectivity index (χ4v) is 3.89. The Hall–Kier alpha value is -4.04. The number of nitrogens with zero attached hydrogens (tertiary/aromatic N) is 4. The van der Waals surface area contributed by atoms with E-state index < -0.39 is 0 Å². The lowest BCUT2D eigenvalue weighted by atomic mass is 9.97. The lowest BCUT2D eigenvalue weighted by Gasteiger charge is -2.18. The number of pyridine rings is 1. The van der Waals surface area contributed by atoms with Crippen molar-refractivity contribution in [3.63, 3.8) is 0 Å². The van der Waals surface area contributed by atoms with E-state index in [1.807, 2.05) is 49.4 Å². The number of aromatic nitrogens is 3. The molecule has 0 radical (unpaired) electrons. The minimum atomic E-state index is -0.254. The molecule has 35 heavy (non-hydrogen) atoms. The van der Waals surface area contributed by atoms with Crippen LogP contribution in [0, 0.1) is 6.92 Å². The summed E-state index contributed by atoms with van der Waals surface area (Å²) in [5.74, 6) is 0.940. The van der Waals surface area contributed by atoms with Gasteiger partial charge in [-0.1, -0.05) is 26.0 Å². The summed E-state index contributed by atoms with van der Waals surface area (Å²) < 4.78 is 5.93. The normalized spacial score (nSPS) is 11.1. The fourth-order valence-electron chi connectivity index (χ4n) is 3.89. The number of carbonyl (C=O) groups is 1. The van der Waals surface area contributed by atoms with Gasteiger partial charge < -0.3 is 20.7 Å². The largest absolute Gasteiger partial charge is 0.488 e. The number of ether oxygens (including phenoxy) is 1. The first-order valence-corrected chi connectivity index (χ1v) is 11.7. The highest BCUT2D eigenvalue weighted by Gasteiger charge is 2.14. The number of nitrogens with one attached hydrogen (secondary N) is 1. The zero-order valence-electron chi connectivity index (χ0n) is 20.3. The molecule has 0 aliphatic carbocycles. The second-order valence-electron chi connectivity index (χ2n) is 8.21. The highest BCUT2D eigenvalue weighted by atomic mass is 16.5. The zero-order chi connectivity index (χ0) is 24.8. The van der Waals surface area contributed by atoms with Crippen LogP contribution in [0.3, 0.4) is 0 Å². The first-order valence-electron chi connectivity index (χ1n) is 11.7. The summed E-state index contributed by atoms with van der Waals surface area (Å²) >= 11 is 0. The summed E-state index contributed by atoms with van der Waals surface area (Å²) in [4.78, 5) is 28.1. The molecule has 0 fully saturated rings. The average molecular weight is 471 g/mol. The van der Waals surface area contributed by atoms with Crippen LogP contribution >= 0.6 is 0 Å². The summed E-state index contributed by atoms with van der Waals surface area (Å²) in [7, 11) is 0. The Morgan fingerprint density at radius 1 is 1.09 bits per heavy atom. The Bertz CT molecular complexity index is 1340. The Morgan fingerprint density at radius 3 is 2.71 bits per heavy atom. The summed E-state index contributed by atoms with van der Waals surface area (Å²) in [6, 6.07) is 15.1. The van der Waals surface area contributed by atoms with Gasteiger partial charge in [0.2, 0.25) is 5.95 Å². The van der Waals surface area contributed by atoms with Crippen molar-refractivity contribution in [2.75, 3.05) is 37.3 Å². The van der Waals surface area contributed by atoms with Crippen molar-refractivity contribution < 1.29 is 9.53 Å². The third-order valence-electron chi connectivity index (χ3n) is 5.97. The van der Waals surface area contributed by atoms with Crippen molar-refractivity contribution in [3.8, 4) is 16.9 Å². The molecule has 2 aromatic heterocycles. The van der Waals surface area contributed by atoms with Gasteiger partial charge in [-0.15, -0.1) is 0 Å². The molecule has 2 heterocycles. The zero-order valence-corrected chi connectivity index (χ0v) is 20.3. The molecule has 180 valence electrons. The molecule has 3 N–H and O–H groups in total.